The quantitative estimate of drug-likeness (QED) is 0.411. The number of benzene rings is 2. The first-order chi connectivity index (χ1) is 16.9. The average Bonchev–Trinajstić information content (AvgIpc) is 3.26. The first-order valence-electron chi connectivity index (χ1n) is 10.3. The molecule has 0 unspecified atom stereocenters. The zero-order valence-corrected chi connectivity index (χ0v) is 18.5. The number of aromatic nitrogens is 4. The Balaban J connectivity index is 1.82. The summed E-state index contributed by atoms with van der Waals surface area (Å²) in [4.78, 5) is 29.3. The van der Waals surface area contributed by atoms with Crippen LogP contribution >= 0.6 is 0 Å². The third-order valence-electron chi connectivity index (χ3n) is 4.97. The summed E-state index contributed by atoms with van der Waals surface area (Å²) >= 11 is 0. The predicted octanol–water partition coefficient (Wildman–Crippen LogP) is 3.18. The number of ether oxygens (including phenoxy) is 1. The molecule has 0 radical (unpaired) electrons. The SMILES string of the molecule is COc1cc(-n2c(=O)ccn2C(F)F)ccc1-n1ccc(=O)c(C(C=CN)=Nc2ccccc2)n1. The minimum atomic E-state index is -2.91. The fourth-order valence-electron chi connectivity index (χ4n) is 3.41. The molecule has 0 spiro atoms. The fraction of sp³-hybridized carbons (Fsp3) is 0.0833. The molecule has 2 aromatic carbocycles. The van der Waals surface area contributed by atoms with Crippen LogP contribution in [-0.4, -0.2) is 32.0 Å². The van der Waals surface area contributed by atoms with E-state index in [9.17, 15) is 18.4 Å². The third-order valence-corrected chi connectivity index (χ3v) is 4.97. The highest BCUT2D eigenvalue weighted by Crippen LogP contribution is 2.26. The Hall–Kier alpha value is -4.80. The Morgan fingerprint density at radius 1 is 1.09 bits per heavy atom. The molecule has 2 aromatic heterocycles. The van der Waals surface area contributed by atoms with Crippen molar-refractivity contribution >= 4 is 11.4 Å². The smallest absolute Gasteiger partial charge is 0.332 e. The van der Waals surface area contributed by atoms with E-state index in [0.717, 1.165) is 16.9 Å². The van der Waals surface area contributed by atoms with Gasteiger partial charge in [-0.2, -0.15) is 13.9 Å². The number of rotatable bonds is 7. The Morgan fingerprint density at radius 2 is 1.86 bits per heavy atom. The molecule has 4 aromatic rings. The van der Waals surface area contributed by atoms with Gasteiger partial charge in [-0.1, -0.05) is 18.2 Å². The molecular weight excluding hydrogens is 458 g/mol. The number of hydrogen-bond donors (Lipinski definition) is 1. The van der Waals surface area contributed by atoms with Gasteiger partial charge in [-0.15, -0.1) is 0 Å². The second-order valence-electron chi connectivity index (χ2n) is 7.14. The van der Waals surface area contributed by atoms with Crippen LogP contribution in [0.5, 0.6) is 5.75 Å². The molecule has 0 amide bonds. The van der Waals surface area contributed by atoms with E-state index >= 15 is 0 Å². The molecule has 2 heterocycles. The number of para-hydroxylation sites is 1. The van der Waals surface area contributed by atoms with Crippen molar-refractivity contribution < 1.29 is 13.5 Å². The lowest BCUT2D eigenvalue weighted by atomic mass is 10.2. The summed E-state index contributed by atoms with van der Waals surface area (Å²) in [6, 6.07) is 15.8. The number of alkyl halides is 2. The minimum absolute atomic E-state index is 0.0342. The number of halogens is 2. The van der Waals surface area contributed by atoms with Gasteiger partial charge in [-0.25, -0.2) is 19.0 Å². The van der Waals surface area contributed by atoms with Crippen LogP contribution in [0, 0.1) is 0 Å². The van der Waals surface area contributed by atoms with Crippen LogP contribution in [0.1, 0.15) is 12.2 Å². The second kappa shape index (κ2) is 10.00. The number of methoxy groups -OCH3 is 1. The molecule has 0 atom stereocenters. The van der Waals surface area contributed by atoms with Crippen molar-refractivity contribution in [2.45, 2.75) is 6.55 Å². The van der Waals surface area contributed by atoms with Gasteiger partial charge < -0.3 is 10.5 Å². The summed E-state index contributed by atoms with van der Waals surface area (Å²) in [6.45, 7) is -2.91. The van der Waals surface area contributed by atoms with Crippen molar-refractivity contribution in [3.63, 3.8) is 0 Å². The van der Waals surface area contributed by atoms with Gasteiger partial charge >= 0.3 is 6.55 Å². The van der Waals surface area contributed by atoms with Gasteiger partial charge in [-0.05, 0) is 36.5 Å². The Kier molecular flexibility index (Phi) is 6.67. The molecule has 2 N–H and O–H groups in total. The highest BCUT2D eigenvalue weighted by molar-refractivity contribution is 6.08. The van der Waals surface area contributed by atoms with Crippen LogP contribution in [0.4, 0.5) is 14.5 Å². The highest BCUT2D eigenvalue weighted by Gasteiger charge is 2.17. The monoisotopic (exact) mass is 478 g/mol. The van der Waals surface area contributed by atoms with E-state index in [1.165, 1.54) is 54.5 Å². The maximum Gasteiger partial charge on any atom is 0.332 e. The zero-order chi connectivity index (χ0) is 24.9. The molecular formula is C24H20F2N6O3. The van der Waals surface area contributed by atoms with E-state index in [0.29, 0.717) is 16.1 Å². The Bertz CT molecular complexity index is 1520. The maximum atomic E-state index is 13.3. The van der Waals surface area contributed by atoms with Crippen molar-refractivity contribution in [1.29, 1.82) is 0 Å². The molecule has 0 aliphatic heterocycles. The molecule has 0 aliphatic carbocycles. The van der Waals surface area contributed by atoms with E-state index in [1.807, 2.05) is 18.2 Å². The van der Waals surface area contributed by atoms with E-state index in [-0.39, 0.29) is 28.3 Å². The summed E-state index contributed by atoms with van der Waals surface area (Å²) in [7, 11) is 1.39. The lowest BCUT2D eigenvalue weighted by molar-refractivity contribution is 0.0487. The zero-order valence-electron chi connectivity index (χ0n) is 18.5. The number of aliphatic imine (C=N–C) groups is 1. The average molecular weight is 478 g/mol. The van der Waals surface area contributed by atoms with Crippen molar-refractivity contribution in [1.82, 2.24) is 19.1 Å². The van der Waals surface area contributed by atoms with Gasteiger partial charge in [0.1, 0.15) is 11.4 Å². The molecule has 0 saturated carbocycles. The van der Waals surface area contributed by atoms with Crippen LogP contribution in [0.2, 0.25) is 0 Å². The molecule has 4 rings (SSSR count). The van der Waals surface area contributed by atoms with E-state index < -0.39 is 12.1 Å². The second-order valence-corrected chi connectivity index (χ2v) is 7.14. The van der Waals surface area contributed by atoms with Gasteiger partial charge in [0, 0.05) is 30.6 Å². The maximum absolute atomic E-state index is 13.3. The fourth-order valence-corrected chi connectivity index (χ4v) is 3.41. The van der Waals surface area contributed by atoms with E-state index in [1.54, 1.807) is 12.1 Å². The van der Waals surface area contributed by atoms with Crippen LogP contribution < -0.4 is 21.5 Å². The van der Waals surface area contributed by atoms with Gasteiger partial charge in [0.25, 0.3) is 5.56 Å². The molecule has 9 nitrogen and oxygen atoms in total. The summed E-state index contributed by atoms with van der Waals surface area (Å²) in [5.41, 5.74) is 6.01. The topological polar surface area (TPSA) is 109 Å². The molecule has 178 valence electrons. The highest BCUT2D eigenvalue weighted by atomic mass is 19.3. The van der Waals surface area contributed by atoms with Crippen LogP contribution in [0.15, 0.2) is 99.9 Å². The Morgan fingerprint density at radius 3 is 2.54 bits per heavy atom. The van der Waals surface area contributed by atoms with Crippen molar-refractivity contribution in [3.8, 4) is 17.1 Å². The van der Waals surface area contributed by atoms with Crippen molar-refractivity contribution in [3.05, 3.63) is 112 Å². The largest absolute Gasteiger partial charge is 0.494 e. The van der Waals surface area contributed by atoms with Gasteiger partial charge in [-0.3, -0.25) is 9.59 Å². The first-order valence-corrected chi connectivity index (χ1v) is 10.3. The molecule has 0 bridgehead atoms. The molecule has 11 heteroatoms. The van der Waals surface area contributed by atoms with Crippen molar-refractivity contribution in [2.75, 3.05) is 7.11 Å². The van der Waals surface area contributed by atoms with Crippen LogP contribution in [0.25, 0.3) is 11.4 Å². The van der Waals surface area contributed by atoms with E-state index in [4.69, 9.17) is 10.5 Å². The van der Waals surface area contributed by atoms with Gasteiger partial charge in [0.05, 0.1) is 24.2 Å². The molecule has 0 fully saturated rings. The number of nitrogens with two attached hydrogens (primary N) is 1. The Labute approximate surface area is 197 Å². The molecule has 35 heavy (non-hydrogen) atoms. The molecule has 0 aliphatic rings. The van der Waals surface area contributed by atoms with Gasteiger partial charge in [0.15, 0.2) is 5.69 Å². The van der Waals surface area contributed by atoms with Crippen LogP contribution in [-0.2, 0) is 0 Å². The number of nitrogens with zero attached hydrogens (tertiary/aromatic N) is 5. The van der Waals surface area contributed by atoms with Crippen molar-refractivity contribution in [2.24, 2.45) is 10.7 Å². The third kappa shape index (κ3) is 4.78. The normalized spacial score (nSPS) is 11.9. The summed E-state index contributed by atoms with van der Waals surface area (Å²) < 4.78 is 34.8. The first kappa shape index (κ1) is 23.4. The minimum Gasteiger partial charge on any atom is -0.494 e. The van der Waals surface area contributed by atoms with E-state index in [2.05, 4.69) is 10.1 Å². The van der Waals surface area contributed by atoms with Crippen LogP contribution in [0.3, 0.4) is 0 Å². The lowest BCUT2D eigenvalue weighted by Crippen LogP contribution is -2.22. The predicted molar refractivity (Wildman–Crippen MR) is 127 cm³/mol. The summed E-state index contributed by atoms with van der Waals surface area (Å²) in [5, 5.41) is 4.41. The summed E-state index contributed by atoms with van der Waals surface area (Å²) in [5.74, 6) is 0.231. The molecule has 0 saturated heterocycles. The van der Waals surface area contributed by atoms with Gasteiger partial charge in [0.2, 0.25) is 5.43 Å². The lowest BCUT2D eigenvalue weighted by Gasteiger charge is -2.15. The standard InChI is InChI=1S/C24H20F2N6O3/c1-35-21-15-17(32-22(34)11-14-31(32)24(25)26)7-8-19(21)30-13-10-20(33)23(29-30)18(9-12-27)28-16-5-3-2-4-6-16/h2-15,24H,27H2,1H3. The number of allylic oxidation sites excluding steroid dienone is 1. The number of hydrogen-bond acceptors (Lipinski definition) is 6. The summed E-state index contributed by atoms with van der Waals surface area (Å²) in [6.07, 6.45) is 5.16.